The average Bonchev–Trinajstić information content (AvgIpc) is 2.86. The molecule has 5 heteroatoms. The number of aromatic nitrogens is 4. The van der Waals surface area contributed by atoms with Gasteiger partial charge in [0.15, 0.2) is 12.1 Å². The Bertz CT molecular complexity index is 777. The van der Waals surface area contributed by atoms with Crippen LogP contribution in [0.3, 0.4) is 0 Å². The van der Waals surface area contributed by atoms with Crippen LogP contribution >= 0.6 is 0 Å². The molecule has 0 radical (unpaired) electrons. The molecule has 0 atom stereocenters. The first-order valence-corrected chi connectivity index (χ1v) is 6.47. The topological polar surface area (TPSA) is 60.7 Å². The first-order chi connectivity index (χ1) is 9.74. The van der Waals surface area contributed by atoms with Gasteiger partial charge in [0.2, 0.25) is 0 Å². The van der Waals surface area contributed by atoms with Crippen LogP contribution in [-0.4, -0.2) is 25.8 Å². The molecule has 0 aromatic carbocycles. The predicted molar refractivity (Wildman–Crippen MR) is 76.6 cm³/mol. The zero-order chi connectivity index (χ0) is 14.1. The molecule has 100 valence electrons. The van der Waals surface area contributed by atoms with Crippen molar-refractivity contribution in [3.05, 3.63) is 42.0 Å². The standard InChI is InChI=1S/C15H14N4O/c1-3-19-8-12(9-20)13-10(2)17-14(18-15(13)19)11-4-6-16-7-5-11/h4-9H,3H2,1-2H3. The first-order valence-electron chi connectivity index (χ1n) is 6.47. The van der Waals surface area contributed by atoms with Gasteiger partial charge < -0.3 is 4.57 Å². The minimum absolute atomic E-state index is 0.639. The molecule has 3 heterocycles. The summed E-state index contributed by atoms with van der Waals surface area (Å²) in [4.78, 5) is 24.3. The molecule has 0 N–H and O–H groups in total. The van der Waals surface area contributed by atoms with Crippen molar-refractivity contribution in [2.45, 2.75) is 20.4 Å². The van der Waals surface area contributed by atoms with Crippen molar-refractivity contribution in [2.75, 3.05) is 0 Å². The Balaban J connectivity index is 2.31. The molecular weight excluding hydrogens is 252 g/mol. The zero-order valence-corrected chi connectivity index (χ0v) is 11.4. The largest absolute Gasteiger partial charge is 0.332 e. The van der Waals surface area contributed by atoms with Crippen LogP contribution < -0.4 is 0 Å². The molecule has 3 aromatic heterocycles. The van der Waals surface area contributed by atoms with E-state index in [9.17, 15) is 4.79 Å². The van der Waals surface area contributed by atoms with Crippen molar-refractivity contribution in [3.8, 4) is 11.4 Å². The van der Waals surface area contributed by atoms with Gasteiger partial charge in [0.1, 0.15) is 5.65 Å². The first kappa shape index (κ1) is 12.5. The van der Waals surface area contributed by atoms with Gasteiger partial charge in [-0.05, 0) is 26.0 Å². The SMILES string of the molecule is CCn1cc(C=O)c2c(C)nc(-c3ccncc3)nc21. The Kier molecular flexibility index (Phi) is 3.02. The number of carbonyl (C=O) groups excluding carboxylic acids is 1. The molecule has 0 fully saturated rings. The Hall–Kier alpha value is -2.56. The fourth-order valence-corrected chi connectivity index (χ4v) is 2.36. The van der Waals surface area contributed by atoms with Crippen molar-refractivity contribution in [1.29, 1.82) is 0 Å². The van der Waals surface area contributed by atoms with Crippen LogP contribution in [-0.2, 0) is 6.54 Å². The molecule has 0 saturated heterocycles. The third-order valence-electron chi connectivity index (χ3n) is 3.33. The lowest BCUT2D eigenvalue weighted by Crippen LogP contribution is -1.98. The highest BCUT2D eigenvalue weighted by atomic mass is 16.1. The molecule has 0 aliphatic carbocycles. The summed E-state index contributed by atoms with van der Waals surface area (Å²) in [6.07, 6.45) is 6.12. The molecule has 0 aliphatic rings. The quantitative estimate of drug-likeness (QED) is 0.684. The van der Waals surface area contributed by atoms with Gasteiger partial charge in [0.25, 0.3) is 0 Å². The normalized spacial score (nSPS) is 10.9. The molecule has 0 aliphatic heterocycles. The summed E-state index contributed by atoms with van der Waals surface area (Å²) >= 11 is 0. The second-order valence-electron chi connectivity index (χ2n) is 4.56. The second kappa shape index (κ2) is 4.85. The molecule has 0 bridgehead atoms. The van der Waals surface area contributed by atoms with Crippen LogP contribution in [0.25, 0.3) is 22.4 Å². The fraction of sp³-hybridized carbons (Fsp3) is 0.200. The van der Waals surface area contributed by atoms with Gasteiger partial charge in [-0.2, -0.15) is 0 Å². The van der Waals surface area contributed by atoms with E-state index in [-0.39, 0.29) is 0 Å². The van der Waals surface area contributed by atoms with Crippen molar-refractivity contribution < 1.29 is 4.79 Å². The number of hydrogen-bond acceptors (Lipinski definition) is 4. The van der Waals surface area contributed by atoms with E-state index in [4.69, 9.17) is 0 Å². The fourth-order valence-electron chi connectivity index (χ4n) is 2.36. The molecule has 3 aromatic rings. The van der Waals surface area contributed by atoms with Gasteiger partial charge in [0, 0.05) is 36.3 Å². The number of aryl methyl sites for hydroxylation is 2. The number of aldehydes is 1. The zero-order valence-electron chi connectivity index (χ0n) is 11.4. The Morgan fingerprint density at radius 3 is 2.65 bits per heavy atom. The second-order valence-corrected chi connectivity index (χ2v) is 4.56. The van der Waals surface area contributed by atoms with Crippen LogP contribution in [0.4, 0.5) is 0 Å². The van der Waals surface area contributed by atoms with Gasteiger partial charge in [-0.1, -0.05) is 0 Å². The highest BCUT2D eigenvalue weighted by Gasteiger charge is 2.14. The molecule has 0 saturated carbocycles. The van der Waals surface area contributed by atoms with E-state index in [1.807, 2.05) is 36.7 Å². The maximum absolute atomic E-state index is 11.2. The summed E-state index contributed by atoms with van der Waals surface area (Å²) in [7, 11) is 0. The summed E-state index contributed by atoms with van der Waals surface area (Å²) < 4.78 is 1.97. The summed E-state index contributed by atoms with van der Waals surface area (Å²) in [5, 5.41) is 0.833. The van der Waals surface area contributed by atoms with Crippen molar-refractivity contribution in [3.63, 3.8) is 0 Å². The lowest BCUT2D eigenvalue weighted by molar-refractivity contribution is 0.112. The highest BCUT2D eigenvalue weighted by Crippen LogP contribution is 2.24. The minimum atomic E-state index is 0.639. The molecule has 3 rings (SSSR count). The van der Waals surface area contributed by atoms with E-state index >= 15 is 0 Å². The lowest BCUT2D eigenvalue weighted by atomic mass is 10.2. The Morgan fingerprint density at radius 2 is 2.00 bits per heavy atom. The molecular formula is C15H14N4O. The third-order valence-corrected chi connectivity index (χ3v) is 3.33. The average molecular weight is 266 g/mol. The molecule has 0 spiro atoms. The number of rotatable bonds is 3. The Labute approximate surface area is 116 Å². The number of fused-ring (bicyclic) bond motifs is 1. The van der Waals surface area contributed by atoms with E-state index in [0.717, 1.165) is 35.1 Å². The summed E-state index contributed by atoms with van der Waals surface area (Å²) in [5.41, 5.74) is 3.17. The van der Waals surface area contributed by atoms with Crippen molar-refractivity contribution in [2.24, 2.45) is 0 Å². The van der Waals surface area contributed by atoms with Gasteiger partial charge >= 0.3 is 0 Å². The predicted octanol–water partition coefficient (Wildman–Crippen LogP) is 2.63. The Morgan fingerprint density at radius 1 is 1.25 bits per heavy atom. The van der Waals surface area contributed by atoms with Crippen LogP contribution in [0.2, 0.25) is 0 Å². The number of carbonyl (C=O) groups is 1. The van der Waals surface area contributed by atoms with Gasteiger partial charge in [-0.15, -0.1) is 0 Å². The molecule has 0 amide bonds. The van der Waals surface area contributed by atoms with Crippen molar-refractivity contribution >= 4 is 17.3 Å². The summed E-state index contributed by atoms with van der Waals surface area (Å²) in [6.45, 7) is 4.69. The van der Waals surface area contributed by atoms with Crippen LogP contribution in [0.5, 0.6) is 0 Å². The maximum atomic E-state index is 11.2. The smallest absolute Gasteiger partial charge is 0.161 e. The number of hydrogen-bond donors (Lipinski definition) is 0. The van der Waals surface area contributed by atoms with E-state index in [0.29, 0.717) is 11.4 Å². The van der Waals surface area contributed by atoms with Crippen LogP contribution in [0.1, 0.15) is 23.0 Å². The maximum Gasteiger partial charge on any atom is 0.161 e. The number of pyridine rings is 1. The third kappa shape index (κ3) is 1.87. The van der Waals surface area contributed by atoms with Gasteiger partial charge in [-0.25, -0.2) is 9.97 Å². The van der Waals surface area contributed by atoms with E-state index in [1.165, 1.54) is 0 Å². The molecule has 20 heavy (non-hydrogen) atoms. The number of nitrogens with zero attached hydrogens (tertiary/aromatic N) is 4. The van der Waals surface area contributed by atoms with E-state index in [2.05, 4.69) is 15.0 Å². The van der Waals surface area contributed by atoms with Crippen molar-refractivity contribution in [1.82, 2.24) is 19.5 Å². The minimum Gasteiger partial charge on any atom is -0.332 e. The summed E-state index contributed by atoms with van der Waals surface area (Å²) in [5.74, 6) is 0.655. The van der Waals surface area contributed by atoms with Gasteiger partial charge in [0.05, 0.1) is 11.1 Å². The highest BCUT2D eigenvalue weighted by molar-refractivity contribution is 5.97. The van der Waals surface area contributed by atoms with E-state index < -0.39 is 0 Å². The molecule has 5 nitrogen and oxygen atoms in total. The monoisotopic (exact) mass is 266 g/mol. The lowest BCUT2D eigenvalue weighted by Gasteiger charge is -2.05. The summed E-state index contributed by atoms with van der Waals surface area (Å²) in [6, 6.07) is 3.75. The van der Waals surface area contributed by atoms with Gasteiger partial charge in [-0.3, -0.25) is 9.78 Å². The van der Waals surface area contributed by atoms with Crippen LogP contribution in [0, 0.1) is 6.92 Å². The molecule has 0 unspecified atom stereocenters. The van der Waals surface area contributed by atoms with E-state index in [1.54, 1.807) is 12.4 Å². The van der Waals surface area contributed by atoms with Crippen LogP contribution in [0.15, 0.2) is 30.7 Å².